The highest BCUT2D eigenvalue weighted by atomic mass is 16.2. The fraction of sp³-hybridized carbons (Fsp3) is 0.424. The molecule has 39 heavy (non-hydrogen) atoms. The zero-order valence-corrected chi connectivity index (χ0v) is 23.1. The highest BCUT2D eigenvalue weighted by molar-refractivity contribution is 5.88. The minimum absolute atomic E-state index is 0.125. The van der Waals surface area contributed by atoms with Crippen molar-refractivity contribution in [2.75, 3.05) is 59.4 Å². The summed E-state index contributed by atoms with van der Waals surface area (Å²) in [4.78, 5) is 21.2. The van der Waals surface area contributed by atoms with Crippen molar-refractivity contribution in [2.45, 2.75) is 24.9 Å². The minimum Gasteiger partial charge on any atom is -0.304 e. The van der Waals surface area contributed by atoms with E-state index in [2.05, 4.69) is 117 Å². The van der Waals surface area contributed by atoms with Crippen molar-refractivity contribution in [1.82, 2.24) is 25.1 Å². The van der Waals surface area contributed by atoms with Gasteiger partial charge in [0, 0.05) is 70.9 Å². The van der Waals surface area contributed by atoms with Crippen LogP contribution in [0.15, 0.2) is 84.9 Å². The zero-order chi connectivity index (χ0) is 26.6. The molecule has 0 spiro atoms. The average molecular weight is 524 g/mol. The van der Waals surface area contributed by atoms with Crippen molar-refractivity contribution >= 4 is 16.7 Å². The van der Waals surface area contributed by atoms with E-state index in [1.807, 2.05) is 0 Å². The van der Waals surface area contributed by atoms with Crippen LogP contribution in [0.4, 0.5) is 0 Å². The van der Waals surface area contributed by atoms with Crippen LogP contribution < -0.4 is 5.43 Å². The number of rotatable bonds is 6. The van der Waals surface area contributed by atoms with Crippen molar-refractivity contribution in [1.29, 1.82) is 0 Å². The largest absolute Gasteiger partial charge is 0.304 e. The van der Waals surface area contributed by atoms with E-state index < -0.39 is 0 Å². The van der Waals surface area contributed by atoms with Crippen LogP contribution in [0.1, 0.15) is 23.5 Å². The summed E-state index contributed by atoms with van der Waals surface area (Å²) in [6, 6.07) is 26.3. The maximum Gasteiger partial charge on any atom is 0.241 e. The molecule has 0 saturated carbocycles. The van der Waals surface area contributed by atoms with Crippen LogP contribution >= 0.6 is 0 Å². The minimum atomic E-state index is -0.175. The van der Waals surface area contributed by atoms with Crippen molar-refractivity contribution in [2.24, 2.45) is 5.92 Å². The van der Waals surface area contributed by atoms with Gasteiger partial charge in [-0.15, -0.1) is 0 Å². The Kier molecular flexibility index (Phi) is 8.07. The van der Waals surface area contributed by atoms with Crippen LogP contribution in [-0.2, 0) is 11.3 Å². The Balaban J connectivity index is 1.19. The number of hydrogen-bond acceptors (Lipinski definition) is 5. The molecule has 0 aromatic heterocycles. The number of piperazine rings is 2. The molecular formula is C33H41N5O. The Morgan fingerprint density at radius 2 is 1.51 bits per heavy atom. The van der Waals surface area contributed by atoms with E-state index in [-0.39, 0.29) is 17.7 Å². The molecule has 3 aromatic rings. The lowest BCUT2D eigenvalue weighted by molar-refractivity contribution is -0.130. The van der Waals surface area contributed by atoms with Crippen LogP contribution in [0.25, 0.3) is 10.8 Å². The molecule has 6 nitrogen and oxygen atoms in total. The van der Waals surface area contributed by atoms with Crippen molar-refractivity contribution in [3.05, 3.63) is 96.1 Å². The van der Waals surface area contributed by atoms with Crippen LogP contribution in [0.5, 0.6) is 0 Å². The number of amides is 1. The van der Waals surface area contributed by atoms with Crippen LogP contribution in [0.3, 0.4) is 0 Å². The lowest BCUT2D eigenvalue weighted by Gasteiger charge is -2.42. The quantitative estimate of drug-likeness (QED) is 0.496. The van der Waals surface area contributed by atoms with Crippen LogP contribution in [-0.4, -0.2) is 91.1 Å². The van der Waals surface area contributed by atoms with Gasteiger partial charge in [-0.25, -0.2) is 5.01 Å². The summed E-state index contributed by atoms with van der Waals surface area (Å²) in [5, 5.41) is 4.62. The van der Waals surface area contributed by atoms with Gasteiger partial charge >= 0.3 is 0 Å². The first-order valence-electron chi connectivity index (χ1n) is 14.5. The van der Waals surface area contributed by atoms with E-state index in [0.717, 1.165) is 65.3 Å². The summed E-state index contributed by atoms with van der Waals surface area (Å²) in [6.45, 7) is 8.97. The molecule has 6 rings (SSSR count). The maximum atomic E-state index is 13.7. The number of hydrazine groups is 1. The molecule has 6 heteroatoms. The molecule has 3 aliphatic rings. The Morgan fingerprint density at radius 1 is 0.795 bits per heavy atom. The van der Waals surface area contributed by atoms with E-state index in [1.54, 1.807) is 0 Å². The zero-order valence-electron chi connectivity index (χ0n) is 23.1. The monoisotopic (exact) mass is 523 g/mol. The smallest absolute Gasteiger partial charge is 0.241 e. The number of nitrogens with one attached hydrogen (secondary N) is 1. The van der Waals surface area contributed by atoms with E-state index in [9.17, 15) is 4.79 Å². The standard InChI is InChI=1S/C33H41N5O/c1-35-16-22-38(23-17-35)34-33(39)31-15-14-28(24-32(31)30-13-7-11-27-10-5-6-12-29(27)30)37-20-18-36(19-21-37)25-26-8-3-2-4-9-26/h2-15,28,31-32H,16-25H2,1H3,(H,34,39). The second kappa shape index (κ2) is 12.0. The molecule has 0 bridgehead atoms. The van der Waals surface area contributed by atoms with Crippen LogP contribution in [0.2, 0.25) is 0 Å². The van der Waals surface area contributed by atoms with Gasteiger partial charge in [0.25, 0.3) is 0 Å². The molecule has 204 valence electrons. The molecule has 1 N–H and O–H groups in total. The summed E-state index contributed by atoms with van der Waals surface area (Å²) >= 11 is 0. The lowest BCUT2D eigenvalue weighted by atomic mass is 9.75. The SMILES string of the molecule is CN1CCN(NC(=O)C2C=CC(N3CCN(Cc4ccccc4)CC3)CC2c2cccc3ccccc23)CC1. The Hall–Kier alpha value is -3.03. The Morgan fingerprint density at radius 3 is 2.31 bits per heavy atom. The first-order chi connectivity index (χ1) is 19.1. The molecule has 0 radical (unpaired) electrons. The topological polar surface area (TPSA) is 42.1 Å². The van der Waals surface area contributed by atoms with Crippen molar-refractivity contribution < 1.29 is 4.79 Å². The van der Waals surface area contributed by atoms with Gasteiger partial charge in [0.2, 0.25) is 5.91 Å². The molecule has 3 unspecified atom stereocenters. The fourth-order valence-corrected chi connectivity index (χ4v) is 6.55. The predicted octanol–water partition coefficient (Wildman–Crippen LogP) is 3.96. The summed E-state index contributed by atoms with van der Waals surface area (Å²) in [6.07, 6.45) is 5.50. The van der Waals surface area contributed by atoms with Gasteiger partial charge in [-0.3, -0.25) is 20.0 Å². The molecule has 1 aliphatic carbocycles. The van der Waals surface area contributed by atoms with Crippen molar-refractivity contribution in [3.8, 4) is 0 Å². The van der Waals surface area contributed by atoms with Gasteiger partial charge in [0.05, 0.1) is 5.92 Å². The molecule has 2 heterocycles. The van der Waals surface area contributed by atoms with Gasteiger partial charge in [-0.05, 0) is 35.4 Å². The van der Waals surface area contributed by atoms with Crippen molar-refractivity contribution in [3.63, 3.8) is 0 Å². The number of nitrogens with zero attached hydrogens (tertiary/aromatic N) is 4. The number of likely N-dealkylation sites (N-methyl/N-ethyl adjacent to an activating group) is 1. The fourth-order valence-electron chi connectivity index (χ4n) is 6.55. The summed E-state index contributed by atoms with van der Waals surface area (Å²) in [5.41, 5.74) is 5.95. The second-order valence-electron chi connectivity index (χ2n) is 11.5. The van der Waals surface area contributed by atoms with Gasteiger partial charge < -0.3 is 4.90 Å². The first-order valence-corrected chi connectivity index (χ1v) is 14.5. The summed E-state index contributed by atoms with van der Waals surface area (Å²) < 4.78 is 0. The third kappa shape index (κ3) is 6.10. The maximum absolute atomic E-state index is 13.7. The van der Waals surface area contributed by atoms with Gasteiger partial charge in [0.15, 0.2) is 0 Å². The van der Waals surface area contributed by atoms with E-state index in [4.69, 9.17) is 0 Å². The van der Waals surface area contributed by atoms with Gasteiger partial charge in [0.1, 0.15) is 0 Å². The second-order valence-corrected chi connectivity index (χ2v) is 11.5. The Labute approximate surface area is 232 Å². The normalized spacial score (nSPS) is 25.6. The molecule has 2 aliphatic heterocycles. The highest BCUT2D eigenvalue weighted by Gasteiger charge is 2.36. The first kappa shape index (κ1) is 26.2. The van der Waals surface area contributed by atoms with E-state index in [0.29, 0.717) is 6.04 Å². The summed E-state index contributed by atoms with van der Waals surface area (Å²) in [7, 11) is 2.14. The van der Waals surface area contributed by atoms with Crippen LogP contribution in [0, 0.1) is 5.92 Å². The molecule has 1 amide bonds. The summed E-state index contributed by atoms with van der Waals surface area (Å²) in [5.74, 6) is 0.0897. The molecule has 2 saturated heterocycles. The number of carbonyl (C=O) groups excluding carboxylic acids is 1. The lowest BCUT2D eigenvalue weighted by Crippen LogP contribution is -2.55. The predicted molar refractivity (Wildman–Crippen MR) is 158 cm³/mol. The Bertz CT molecular complexity index is 1270. The third-order valence-corrected chi connectivity index (χ3v) is 8.89. The molecule has 3 atom stereocenters. The number of benzene rings is 3. The van der Waals surface area contributed by atoms with Gasteiger partial charge in [-0.2, -0.15) is 0 Å². The van der Waals surface area contributed by atoms with E-state index >= 15 is 0 Å². The molecule has 2 fully saturated rings. The highest BCUT2D eigenvalue weighted by Crippen LogP contribution is 2.39. The number of fused-ring (bicyclic) bond motifs is 1. The molecule has 3 aromatic carbocycles. The average Bonchev–Trinajstić information content (AvgIpc) is 2.99. The van der Waals surface area contributed by atoms with E-state index in [1.165, 1.54) is 21.9 Å². The molecular weight excluding hydrogens is 482 g/mol. The number of hydrogen-bond donors (Lipinski definition) is 1. The third-order valence-electron chi connectivity index (χ3n) is 8.89. The number of carbonyl (C=O) groups is 1. The van der Waals surface area contributed by atoms with Gasteiger partial charge in [-0.1, -0.05) is 84.9 Å².